The third-order valence-corrected chi connectivity index (χ3v) is 11.9. The molecule has 59 heavy (non-hydrogen) atoms. The Kier molecular flexibility index (Phi) is 8.56. The summed E-state index contributed by atoms with van der Waals surface area (Å²) < 4.78 is 0. The Bertz CT molecular complexity index is 3130. The number of hydrogen-bond acceptors (Lipinski definition) is 1. The maximum atomic E-state index is 2.36. The first-order valence-electron chi connectivity index (χ1n) is 20.3. The van der Waals surface area contributed by atoms with Crippen molar-refractivity contribution in [3.63, 3.8) is 0 Å². The van der Waals surface area contributed by atoms with Crippen molar-refractivity contribution in [1.29, 1.82) is 0 Å². The Morgan fingerprint density at radius 1 is 0.203 bits per heavy atom. The fraction of sp³-hybridized carbons (Fsp3) is 0. The van der Waals surface area contributed by atoms with Crippen molar-refractivity contribution in [2.75, 3.05) is 4.90 Å². The lowest BCUT2D eigenvalue weighted by molar-refractivity contribution is 1.28. The molecular weight excluding hydrogens is 711 g/mol. The molecule has 0 saturated heterocycles. The zero-order chi connectivity index (χ0) is 39.1. The standard InChI is InChI=1S/C58H39N/c1-2-10-42(11-3-1)53-14-8-9-15-54(53)45-30-36-52(37-31-45)59(50-32-26-40(27-33-50)48-24-22-46-20-18-43-12-4-6-16-55(43)57(46)38-48)51-34-28-41(29-35-51)49-25-23-47-21-19-44-13-5-7-17-56(44)58(47)39-49/h1-39H. The smallest absolute Gasteiger partial charge is 0.0462 e. The van der Waals surface area contributed by atoms with E-state index in [1.165, 1.54) is 87.6 Å². The van der Waals surface area contributed by atoms with Crippen LogP contribution in [-0.4, -0.2) is 0 Å². The van der Waals surface area contributed by atoms with Gasteiger partial charge in [0.2, 0.25) is 0 Å². The molecule has 1 nitrogen and oxygen atoms in total. The van der Waals surface area contributed by atoms with E-state index < -0.39 is 0 Å². The number of rotatable bonds is 7. The minimum atomic E-state index is 1.10. The fourth-order valence-corrected chi connectivity index (χ4v) is 8.81. The van der Waals surface area contributed by atoms with Gasteiger partial charge in [0.1, 0.15) is 0 Å². The third kappa shape index (κ3) is 6.40. The molecule has 0 bridgehead atoms. The maximum absolute atomic E-state index is 2.36. The topological polar surface area (TPSA) is 3.24 Å². The second-order valence-corrected chi connectivity index (χ2v) is 15.3. The van der Waals surface area contributed by atoms with Gasteiger partial charge in [0.15, 0.2) is 0 Å². The molecule has 0 aromatic heterocycles. The van der Waals surface area contributed by atoms with E-state index in [1.54, 1.807) is 0 Å². The van der Waals surface area contributed by atoms with Crippen molar-refractivity contribution in [3.05, 3.63) is 237 Å². The number of anilines is 3. The third-order valence-electron chi connectivity index (χ3n) is 11.9. The predicted molar refractivity (Wildman–Crippen MR) is 253 cm³/mol. The molecule has 0 aliphatic carbocycles. The highest BCUT2D eigenvalue weighted by Crippen LogP contribution is 2.40. The molecule has 0 unspecified atom stereocenters. The van der Waals surface area contributed by atoms with Gasteiger partial charge in [-0.05, 0) is 136 Å². The highest BCUT2D eigenvalue weighted by Gasteiger charge is 2.15. The molecule has 0 N–H and O–H groups in total. The molecule has 0 amide bonds. The van der Waals surface area contributed by atoms with Crippen molar-refractivity contribution in [1.82, 2.24) is 0 Å². The summed E-state index contributed by atoms with van der Waals surface area (Å²) in [6.45, 7) is 0. The summed E-state index contributed by atoms with van der Waals surface area (Å²) in [6, 6.07) is 86.2. The molecule has 0 aliphatic heterocycles. The quantitative estimate of drug-likeness (QED) is 0.147. The van der Waals surface area contributed by atoms with Crippen molar-refractivity contribution in [2.45, 2.75) is 0 Å². The number of fused-ring (bicyclic) bond motifs is 6. The molecule has 1 heteroatoms. The normalized spacial score (nSPS) is 11.4. The van der Waals surface area contributed by atoms with Gasteiger partial charge in [-0.1, -0.05) is 188 Å². The average Bonchev–Trinajstić information content (AvgIpc) is 3.32. The largest absolute Gasteiger partial charge is 0.311 e. The highest BCUT2D eigenvalue weighted by molar-refractivity contribution is 6.10. The second-order valence-electron chi connectivity index (χ2n) is 15.3. The van der Waals surface area contributed by atoms with Gasteiger partial charge < -0.3 is 4.90 Å². The van der Waals surface area contributed by atoms with Gasteiger partial charge in [-0.25, -0.2) is 0 Å². The van der Waals surface area contributed by atoms with E-state index in [4.69, 9.17) is 0 Å². The minimum Gasteiger partial charge on any atom is -0.311 e. The van der Waals surface area contributed by atoms with E-state index in [0.29, 0.717) is 0 Å². The first-order valence-corrected chi connectivity index (χ1v) is 20.3. The molecule has 11 aromatic carbocycles. The molecule has 0 spiro atoms. The highest BCUT2D eigenvalue weighted by atomic mass is 15.1. The summed E-state index contributed by atoms with van der Waals surface area (Å²) in [5.41, 5.74) is 12.9. The zero-order valence-corrected chi connectivity index (χ0v) is 32.5. The van der Waals surface area contributed by atoms with Gasteiger partial charge >= 0.3 is 0 Å². The van der Waals surface area contributed by atoms with Crippen LogP contribution < -0.4 is 4.90 Å². The summed E-state index contributed by atoms with van der Waals surface area (Å²) in [5.74, 6) is 0. The first kappa shape index (κ1) is 34.5. The SMILES string of the molecule is c1ccc(-c2ccccc2-c2ccc(N(c3ccc(-c4ccc5ccc6ccccc6c5c4)cc3)c3ccc(-c4ccc5ccc6ccccc6c5c4)cc3)cc2)cc1. The molecule has 0 radical (unpaired) electrons. The molecule has 0 aliphatic rings. The molecule has 11 aromatic rings. The van der Waals surface area contributed by atoms with E-state index in [2.05, 4.69) is 241 Å². The van der Waals surface area contributed by atoms with Crippen LogP contribution in [0.3, 0.4) is 0 Å². The van der Waals surface area contributed by atoms with Crippen LogP contribution in [0.4, 0.5) is 17.1 Å². The van der Waals surface area contributed by atoms with Crippen molar-refractivity contribution in [2.24, 2.45) is 0 Å². The number of nitrogens with zero attached hydrogens (tertiary/aromatic N) is 1. The number of benzene rings is 11. The van der Waals surface area contributed by atoms with Crippen LogP contribution in [0.2, 0.25) is 0 Å². The molecular formula is C58H39N. The van der Waals surface area contributed by atoms with E-state index in [1.807, 2.05) is 0 Å². The fourth-order valence-electron chi connectivity index (χ4n) is 8.81. The summed E-state index contributed by atoms with van der Waals surface area (Å²) in [6.07, 6.45) is 0. The summed E-state index contributed by atoms with van der Waals surface area (Å²) in [5, 5.41) is 10.2. The van der Waals surface area contributed by atoms with E-state index in [0.717, 1.165) is 17.1 Å². The maximum Gasteiger partial charge on any atom is 0.0462 e. The predicted octanol–water partition coefficient (Wildman–Crippen LogP) is 16.4. The van der Waals surface area contributed by atoms with Crippen LogP contribution in [0.25, 0.3) is 87.6 Å². The zero-order valence-electron chi connectivity index (χ0n) is 32.5. The van der Waals surface area contributed by atoms with E-state index >= 15 is 0 Å². The van der Waals surface area contributed by atoms with Gasteiger partial charge in [-0.3, -0.25) is 0 Å². The summed E-state index contributed by atoms with van der Waals surface area (Å²) in [4.78, 5) is 2.36. The Hall–Kier alpha value is -7.74. The molecule has 0 saturated carbocycles. The summed E-state index contributed by atoms with van der Waals surface area (Å²) in [7, 11) is 0. The van der Waals surface area contributed by atoms with Gasteiger partial charge in [-0.15, -0.1) is 0 Å². The van der Waals surface area contributed by atoms with Crippen LogP contribution in [0, 0.1) is 0 Å². The van der Waals surface area contributed by atoms with Gasteiger partial charge in [-0.2, -0.15) is 0 Å². The van der Waals surface area contributed by atoms with Gasteiger partial charge in [0.25, 0.3) is 0 Å². The lowest BCUT2D eigenvalue weighted by Crippen LogP contribution is -2.09. The number of hydrogen-bond donors (Lipinski definition) is 0. The molecule has 0 atom stereocenters. The van der Waals surface area contributed by atoms with Crippen LogP contribution in [0.1, 0.15) is 0 Å². The van der Waals surface area contributed by atoms with E-state index in [9.17, 15) is 0 Å². The molecule has 276 valence electrons. The van der Waals surface area contributed by atoms with E-state index in [-0.39, 0.29) is 0 Å². The Balaban J connectivity index is 0.981. The molecule has 0 fully saturated rings. The van der Waals surface area contributed by atoms with Crippen LogP contribution in [0.15, 0.2) is 237 Å². The Morgan fingerprint density at radius 2 is 0.525 bits per heavy atom. The molecule has 11 rings (SSSR count). The monoisotopic (exact) mass is 749 g/mol. The Labute approximate surface area is 344 Å². The first-order chi connectivity index (χ1) is 29.2. The second kappa shape index (κ2) is 14.6. The van der Waals surface area contributed by atoms with Crippen LogP contribution >= 0.6 is 0 Å². The van der Waals surface area contributed by atoms with Gasteiger partial charge in [0.05, 0.1) is 0 Å². The van der Waals surface area contributed by atoms with Crippen molar-refractivity contribution < 1.29 is 0 Å². The van der Waals surface area contributed by atoms with Crippen molar-refractivity contribution in [3.8, 4) is 44.5 Å². The van der Waals surface area contributed by atoms with Crippen LogP contribution in [0.5, 0.6) is 0 Å². The minimum absolute atomic E-state index is 1.10. The van der Waals surface area contributed by atoms with Gasteiger partial charge in [0, 0.05) is 17.1 Å². The summed E-state index contributed by atoms with van der Waals surface area (Å²) >= 11 is 0. The van der Waals surface area contributed by atoms with Crippen molar-refractivity contribution >= 4 is 60.2 Å². The molecule has 0 heterocycles. The average molecular weight is 750 g/mol. The lowest BCUT2D eigenvalue weighted by Gasteiger charge is -2.26. The Morgan fingerprint density at radius 3 is 0.983 bits per heavy atom. The van der Waals surface area contributed by atoms with Crippen LogP contribution in [-0.2, 0) is 0 Å². The lowest BCUT2D eigenvalue weighted by atomic mass is 9.94.